The number of hydrogen-bond donors (Lipinski definition) is 1. The number of halogens is 1. The summed E-state index contributed by atoms with van der Waals surface area (Å²) in [6.07, 6.45) is 3.51. The van der Waals surface area contributed by atoms with Crippen LogP contribution in [0, 0.1) is 10.1 Å². The fourth-order valence-corrected chi connectivity index (χ4v) is 2.02. The maximum atomic E-state index is 10.8. The standard InChI is InChI=1S/C14H14ClN3O2/c1-10(12-3-2-6-16-9-12)17-8-11-4-5-13(15)14(7-11)18(19)20/h2-7,9-10,17H,8H2,1H3/t10-/m1/s1. The summed E-state index contributed by atoms with van der Waals surface area (Å²) in [5.74, 6) is 0. The molecule has 0 unspecified atom stereocenters. The first-order chi connectivity index (χ1) is 9.58. The molecule has 1 atom stereocenters. The molecule has 0 spiro atoms. The fourth-order valence-electron chi connectivity index (χ4n) is 1.83. The van der Waals surface area contributed by atoms with Crippen LogP contribution >= 0.6 is 11.6 Å². The van der Waals surface area contributed by atoms with Crippen LogP contribution in [0.15, 0.2) is 42.7 Å². The molecular weight excluding hydrogens is 278 g/mol. The summed E-state index contributed by atoms with van der Waals surface area (Å²) in [6.45, 7) is 2.54. The summed E-state index contributed by atoms with van der Waals surface area (Å²) >= 11 is 5.78. The zero-order valence-corrected chi connectivity index (χ0v) is 11.7. The summed E-state index contributed by atoms with van der Waals surface area (Å²) in [6, 6.07) is 8.78. The van der Waals surface area contributed by atoms with E-state index >= 15 is 0 Å². The highest BCUT2D eigenvalue weighted by Crippen LogP contribution is 2.25. The van der Waals surface area contributed by atoms with Gasteiger partial charge in [-0.15, -0.1) is 0 Å². The van der Waals surface area contributed by atoms with E-state index < -0.39 is 4.92 Å². The molecule has 0 aliphatic rings. The predicted octanol–water partition coefficient (Wildman–Crippen LogP) is 3.49. The van der Waals surface area contributed by atoms with E-state index in [-0.39, 0.29) is 16.8 Å². The van der Waals surface area contributed by atoms with Crippen LogP contribution in [0.4, 0.5) is 5.69 Å². The van der Waals surface area contributed by atoms with Crippen molar-refractivity contribution in [1.29, 1.82) is 0 Å². The number of benzene rings is 1. The second-order valence-electron chi connectivity index (χ2n) is 4.43. The van der Waals surface area contributed by atoms with Crippen molar-refractivity contribution in [1.82, 2.24) is 10.3 Å². The molecular formula is C14H14ClN3O2. The van der Waals surface area contributed by atoms with Gasteiger partial charge in [-0.1, -0.05) is 23.7 Å². The zero-order valence-electron chi connectivity index (χ0n) is 10.9. The summed E-state index contributed by atoms with van der Waals surface area (Å²) < 4.78 is 0. The highest BCUT2D eigenvalue weighted by molar-refractivity contribution is 6.32. The number of aromatic nitrogens is 1. The van der Waals surface area contributed by atoms with Gasteiger partial charge in [0.05, 0.1) is 4.92 Å². The van der Waals surface area contributed by atoms with Crippen molar-refractivity contribution in [2.24, 2.45) is 0 Å². The first kappa shape index (κ1) is 14.4. The van der Waals surface area contributed by atoms with Gasteiger partial charge in [0.2, 0.25) is 0 Å². The lowest BCUT2D eigenvalue weighted by Gasteiger charge is -2.13. The Balaban J connectivity index is 2.04. The summed E-state index contributed by atoms with van der Waals surface area (Å²) in [5.41, 5.74) is 1.81. The van der Waals surface area contributed by atoms with Gasteiger partial charge in [-0.2, -0.15) is 0 Å². The maximum Gasteiger partial charge on any atom is 0.288 e. The highest BCUT2D eigenvalue weighted by Gasteiger charge is 2.13. The summed E-state index contributed by atoms with van der Waals surface area (Å²) in [4.78, 5) is 14.4. The van der Waals surface area contributed by atoms with Crippen molar-refractivity contribution in [2.45, 2.75) is 19.5 Å². The minimum atomic E-state index is -0.476. The van der Waals surface area contributed by atoms with Gasteiger partial charge in [-0.05, 0) is 30.2 Å². The van der Waals surface area contributed by atoms with Gasteiger partial charge in [0, 0.05) is 31.0 Å². The molecule has 1 N–H and O–H groups in total. The van der Waals surface area contributed by atoms with Crippen LogP contribution < -0.4 is 5.32 Å². The van der Waals surface area contributed by atoms with E-state index in [1.807, 2.05) is 19.1 Å². The third kappa shape index (κ3) is 3.53. The van der Waals surface area contributed by atoms with E-state index in [1.54, 1.807) is 24.5 Å². The van der Waals surface area contributed by atoms with Gasteiger partial charge in [0.1, 0.15) is 5.02 Å². The van der Waals surface area contributed by atoms with E-state index in [1.165, 1.54) is 6.07 Å². The van der Waals surface area contributed by atoms with Crippen LogP contribution in [0.3, 0.4) is 0 Å². The molecule has 2 aromatic rings. The molecule has 0 radical (unpaired) electrons. The lowest BCUT2D eigenvalue weighted by Crippen LogP contribution is -2.18. The highest BCUT2D eigenvalue weighted by atomic mass is 35.5. The molecule has 1 aromatic carbocycles. The SMILES string of the molecule is C[C@@H](NCc1ccc(Cl)c([N+](=O)[O-])c1)c1cccnc1. The summed E-state index contributed by atoms with van der Waals surface area (Å²) in [5, 5.41) is 14.3. The molecule has 104 valence electrons. The number of nitrogens with one attached hydrogen (secondary N) is 1. The van der Waals surface area contributed by atoms with E-state index in [4.69, 9.17) is 11.6 Å². The third-order valence-corrected chi connectivity index (χ3v) is 3.32. The fraction of sp³-hybridized carbons (Fsp3) is 0.214. The Labute approximate surface area is 121 Å². The quantitative estimate of drug-likeness (QED) is 0.676. The monoisotopic (exact) mass is 291 g/mol. The predicted molar refractivity (Wildman–Crippen MR) is 77.6 cm³/mol. The first-order valence-electron chi connectivity index (χ1n) is 6.14. The molecule has 1 aromatic heterocycles. The second kappa shape index (κ2) is 6.45. The van der Waals surface area contributed by atoms with E-state index in [9.17, 15) is 10.1 Å². The summed E-state index contributed by atoms with van der Waals surface area (Å²) in [7, 11) is 0. The molecule has 2 rings (SSSR count). The van der Waals surface area contributed by atoms with Gasteiger partial charge < -0.3 is 5.32 Å². The number of hydrogen-bond acceptors (Lipinski definition) is 4. The number of nitrogens with zero attached hydrogens (tertiary/aromatic N) is 2. The van der Waals surface area contributed by atoms with Gasteiger partial charge in [0.15, 0.2) is 0 Å². The molecule has 0 bridgehead atoms. The zero-order chi connectivity index (χ0) is 14.5. The van der Waals surface area contributed by atoms with Crippen molar-refractivity contribution in [3.8, 4) is 0 Å². The smallest absolute Gasteiger partial charge is 0.288 e. The lowest BCUT2D eigenvalue weighted by atomic mass is 10.1. The minimum absolute atomic E-state index is 0.0694. The van der Waals surface area contributed by atoms with Crippen LogP contribution in [0.2, 0.25) is 5.02 Å². The van der Waals surface area contributed by atoms with Crippen LogP contribution in [0.5, 0.6) is 0 Å². The third-order valence-electron chi connectivity index (χ3n) is 3.00. The van der Waals surface area contributed by atoms with Gasteiger partial charge in [-0.25, -0.2) is 0 Å². The number of nitro benzene ring substituents is 1. The van der Waals surface area contributed by atoms with E-state index in [0.29, 0.717) is 6.54 Å². The van der Waals surface area contributed by atoms with E-state index in [2.05, 4.69) is 10.3 Å². The van der Waals surface area contributed by atoms with Gasteiger partial charge in [-0.3, -0.25) is 15.1 Å². The van der Waals surface area contributed by atoms with Crippen LogP contribution in [-0.4, -0.2) is 9.91 Å². The molecule has 0 saturated carbocycles. The number of rotatable bonds is 5. The van der Waals surface area contributed by atoms with Gasteiger partial charge in [0.25, 0.3) is 5.69 Å². The topological polar surface area (TPSA) is 68.1 Å². The normalized spacial score (nSPS) is 12.1. The van der Waals surface area contributed by atoms with E-state index in [0.717, 1.165) is 11.1 Å². The Morgan fingerprint density at radius 2 is 2.25 bits per heavy atom. The van der Waals surface area contributed by atoms with Crippen LogP contribution in [-0.2, 0) is 6.54 Å². The average molecular weight is 292 g/mol. The van der Waals surface area contributed by atoms with Crippen molar-refractivity contribution < 1.29 is 4.92 Å². The second-order valence-corrected chi connectivity index (χ2v) is 4.84. The minimum Gasteiger partial charge on any atom is -0.306 e. The van der Waals surface area contributed by atoms with Crippen molar-refractivity contribution in [3.63, 3.8) is 0 Å². The van der Waals surface area contributed by atoms with Crippen LogP contribution in [0.25, 0.3) is 0 Å². The lowest BCUT2D eigenvalue weighted by molar-refractivity contribution is -0.384. The Morgan fingerprint density at radius 1 is 1.45 bits per heavy atom. The molecule has 0 saturated heterocycles. The molecule has 0 amide bonds. The molecule has 1 heterocycles. The Morgan fingerprint density at radius 3 is 2.90 bits per heavy atom. The molecule has 5 nitrogen and oxygen atoms in total. The molecule has 0 aliphatic heterocycles. The van der Waals surface area contributed by atoms with Crippen molar-refractivity contribution in [3.05, 3.63) is 69.0 Å². The molecule has 0 fully saturated rings. The first-order valence-corrected chi connectivity index (χ1v) is 6.52. The molecule has 0 aliphatic carbocycles. The maximum absolute atomic E-state index is 10.8. The Hall–Kier alpha value is -1.98. The average Bonchev–Trinajstić information content (AvgIpc) is 2.46. The molecule has 20 heavy (non-hydrogen) atoms. The number of nitro groups is 1. The Kier molecular flexibility index (Phi) is 4.65. The largest absolute Gasteiger partial charge is 0.306 e. The van der Waals surface area contributed by atoms with Crippen LogP contribution in [0.1, 0.15) is 24.1 Å². The molecule has 6 heteroatoms. The van der Waals surface area contributed by atoms with Crippen molar-refractivity contribution in [2.75, 3.05) is 0 Å². The Bertz CT molecular complexity index is 605. The van der Waals surface area contributed by atoms with Crippen molar-refractivity contribution >= 4 is 17.3 Å². The number of pyridine rings is 1. The van der Waals surface area contributed by atoms with Gasteiger partial charge >= 0.3 is 0 Å².